The van der Waals surface area contributed by atoms with E-state index in [1.165, 1.54) is 0 Å². The van der Waals surface area contributed by atoms with Gasteiger partial charge in [-0.05, 0) is 13.3 Å². The topological polar surface area (TPSA) is 58.2 Å². The summed E-state index contributed by atoms with van der Waals surface area (Å²) in [5.74, 6) is -0.105. The molecule has 0 heterocycles. The molecule has 0 aromatic carbocycles. The fourth-order valence-electron chi connectivity index (χ4n) is 0.958. The fraction of sp³-hybridized carbons (Fsp3) is 0.750. The first-order valence-corrected chi connectivity index (χ1v) is 4.23. The number of carbonyl (C=O) groups is 2. The summed E-state index contributed by atoms with van der Waals surface area (Å²) in [6.07, 6.45) is 2.13. The molecule has 0 saturated carbocycles. The number of nitrogens with one attached hydrogen (secondary N) is 2. The van der Waals surface area contributed by atoms with Crippen LogP contribution >= 0.6 is 0 Å². The first kappa shape index (κ1) is 10.9. The van der Waals surface area contributed by atoms with E-state index in [9.17, 15) is 9.59 Å². The van der Waals surface area contributed by atoms with Crippen molar-refractivity contribution in [2.75, 3.05) is 6.54 Å². The molecule has 0 rings (SSSR count). The van der Waals surface area contributed by atoms with Crippen molar-refractivity contribution in [3.63, 3.8) is 0 Å². The van der Waals surface area contributed by atoms with E-state index in [1.807, 2.05) is 13.8 Å². The molecule has 0 unspecified atom stereocenters. The Kier molecular flexibility index (Phi) is 6.05. The fourth-order valence-corrected chi connectivity index (χ4v) is 0.958. The quantitative estimate of drug-likeness (QED) is 0.556. The summed E-state index contributed by atoms with van der Waals surface area (Å²) in [7, 11) is 0. The molecule has 0 fully saturated rings. The molecule has 0 bridgehead atoms. The second-order valence-corrected chi connectivity index (χ2v) is 2.52. The van der Waals surface area contributed by atoms with Crippen LogP contribution in [0.1, 0.15) is 26.7 Å². The molecule has 0 aliphatic rings. The van der Waals surface area contributed by atoms with E-state index in [2.05, 4.69) is 10.6 Å². The summed E-state index contributed by atoms with van der Waals surface area (Å²) < 4.78 is 0. The van der Waals surface area contributed by atoms with Gasteiger partial charge in [-0.3, -0.25) is 9.59 Å². The summed E-state index contributed by atoms with van der Waals surface area (Å²) in [4.78, 5) is 21.3. The maximum absolute atomic E-state index is 11.2. The summed E-state index contributed by atoms with van der Waals surface area (Å²) >= 11 is 0. The number of hydrogen-bond acceptors (Lipinski definition) is 2. The predicted octanol–water partition coefficient (Wildman–Crippen LogP) is 0.0372. The van der Waals surface area contributed by atoms with Crippen molar-refractivity contribution in [2.24, 2.45) is 0 Å². The Morgan fingerprint density at radius 3 is 2.58 bits per heavy atom. The highest BCUT2D eigenvalue weighted by molar-refractivity contribution is 5.83. The highest BCUT2D eigenvalue weighted by Gasteiger charge is 2.14. The van der Waals surface area contributed by atoms with Crippen molar-refractivity contribution in [2.45, 2.75) is 32.7 Å². The largest absolute Gasteiger partial charge is 0.355 e. The van der Waals surface area contributed by atoms with Crippen molar-refractivity contribution in [1.29, 1.82) is 0 Å². The minimum absolute atomic E-state index is 0.105. The number of likely N-dealkylation sites (N-methyl/N-ethyl adjacent to an activating group) is 1. The molecule has 0 aromatic rings. The third kappa shape index (κ3) is 3.95. The van der Waals surface area contributed by atoms with Gasteiger partial charge in [0.2, 0.25) is 12.3 Å². The Balaban J connectivity index is 3.89. The third-order valence-corrected chi connectivity index (χ3v) is 1.51. The normalized spacial score (nSPS) is 11.8. The van der Waals surface area contributed by atoms with Crippen LogP contribution in [0.2, 0.25) is 0 Å². The van der Waals surface area contributed by atoms with Crippen LogP contribution in [0.3, 0.4) is 0 Å². The van der Waals surface area contributed by atoms with Gasteiger partial charge < -0.3 is 10.6 Å². The molecular weight excluding hydrogens is 156 g/mol. The van der Waals surface area contributed by atoms with Gasteiger partial charge in [-0.1, -0.05) is 13.3 Å². The van der Waals surface area contributed by atoms with Crippen molar-refractivity contribution >= 4 is 12.3 Å². The maximum atomic E-state index is 11.2. The summed E-state index contributed by atoms with van der Waals surface area (Å²) in [6.45, 7) is 4.42. The Bertz CT molecular complexity index is 148. The summed E-state index contributed by atoms with van der Waals surface area (Å²) in [6, 6.07) is -0.368. The predicted molar refractivity (Wildman–Crippen MR) is 46.6 cm³/mol. The molecule has 12 heavy (non-hydrogen) atoms. The van der Waals surface area contributed by atoms with Gasteiger partial charge in [-0.15, -0.1) is 0 Å². The van der Waals surface area contributed by atoms with Crippen LogP contribution in [-0.4, -0.2) is 24.9 Å². The lowest BCUT2D eigenvalue weighted by Gasteiger charge is -2.13. The lowest BCUT2D eigenvalue weighted by molar-refractivity contribution is -0.125. The van der Waals surface area contributed by atoms with Gasteiger partial charge in [0.15, 0.2) is 0 Å². The Labute approximate surface area is 72.7 Å². The summed E-state index contributed by atoms with van der Waals surface area (Å²) in [5.41, 5.74) is 0. The molecule has 1 atom stereocenters. The zero-order chi connectivity index (χ0) is 9.40. The average molecular weight is 172 g/mol. The number of carbonyl (C=O) groups excluding carboxylic acids is 2. The van der Waals surface area contributed by atoms with Gasteiger partial charge in [0.1, 0.15) is 6.04 Å². The molecule has 0 aliphatic heterocycles. The Morgan fingerprint density at radius 2 is 2.17 bits per heavy atom. The number of rotatable bonds is 6. The van der Waals surface area contributed by atoms with E-state index in [1.54, 1.807) is 0 Å². The van der Waals surface area contributed by atoms with Crippen LogP contribution < -0.4 is 10.6 Å². The lowest BCUT2D eigenvalue weighted by atomic mass is 10.1. The zero-order valence-corrected chi connectivity index (χ0v) is 7.59. The number of hydrogen-bond donors (Lipinski definition) is 2. The van der Waals surface area contributed by atoms with E-state index in [0.717, 1.165) is 6.42 Å². The van der Waals surface area contributed by atoms with E-state index < -0.39 is 0 Å². The van der Waals surface area contributed by atoms with E-state index >= 15 is 0 Å². The van der Waals surface area contributed by atoms with Gasteiger partial charge in [0.05, 0.1) is 0 Å². The molecule has 4 heteroatoms. The minimum atomic E-state index is -0.368. The second kappa shape index (κ2) is 6.64. The van der Waals surface area contributed by atoms with Crippen LogP contribution in [-0.2, 0) is 9.59 Å². The van der Waals surface area contributed by atoms with Crippen LogP contribution in [0.15, 0.2) is 0 Å². The first-order valence-electron chi connectivity index (χ1n) is 4.23. The smallest absolute Gasteiger partial charge is 0.242 e. The molecule has 2 N–H and O–H groups in total. The standard InChI is InChI=1S/C8H16N2O2/c1-3-5-7(10-6-11)8(12)9-4-2/h6-7H,3-5H2,1-2H3,(H,9,12)(H,10,11)/t7-/m0/s1. The highest BCUT2D eigenvalue weighted by atomic mass is 16.2. The van der Waals surface area contributed by atoms with E-state index in [-0.39, 0.29) is 11.9 Å². The molecule has 0 aromatic heterocycles. The van der Waals surface area contributed by atoms with Gasteiger partial charge in [-0.2, -0.15) is 0 Å². The second-order valence-electron chi connectivity index (χ2n) is 2.52. The molecule has 0 aliphatic carbocycles. The molecule has 0 radical (unpaired) electrons. The van der Waals surface area contributed by atoms with Gasteiger partial charge in [0.25, 0.3) is 0 Å². The Morgan fingerprint density at radius 1 is 1.50 bits per heavy atom. The van der Waals surface area contributed by atoms with Crippen molar-refractivity contribution in [1.82, 2.24) is 10.6 Å². The molecule has 4 nitrogen and oxygen atoms in total. The molecule has 70 valence electrons. The van der Waals surface area contributed by atoms with Crippen LogP contribution in [0, 0.1) is 0 Å². The van der Waals surface area contributed by atoms with Crippen LogP contribution in [0.4, 0.5) is 0 Å². The number of amides is 2. The minimum Gasteiger partial charge on any atom is -0.355 e. The average Bonchev–Trinajstić information content (AvgIpc) is 2.04. The third-order valence-electron chi connectivity index (χ3n) is 1.51. The highest BCUT2D eigenvalue weighted by Crippen LogP contribution is 1.95. The SMILES string of the molecule is CCC[C@H](NC=O)C(=O)NCC. The van der Waals surface area contributed by atoms with Crippen molar-refractivity contribution < 1.29 is 9.59 Å². The molecule has 2 amide bonds. The van der Waals surface area contributed by atoms with Gasteiger partial charge >= 0.3 is 0 Å². The first-order chi connectivity index (χ1) is 5.76. The monoisotopic (exact) mass is 172 g/mol. The van der Waals surface area contributed by atoms with Gasteiger partial charge in [-0.25, -0.2) is 0 Å². The lowest BCUT2D eigenvalue weighted by Crippen LogP contribution is -2.43. The zero-order valence-electron chi connectivity index (χ0n) is 7.59. The van der Waals surface area contributed by atoms with Gasteiger partial charge in [0, 0.05) is 6.54 Å². The van der Waals surface area contributed by atoms with E-state index in [4.69, 9.17) is 0 Å². The maximum Gasteiger partial charge on any atom is 0.242 e. The molecule has 0 saturated heterocycles. The van der Waals surface area contributed by atoms with Crippen LogP contribution in [0.5, 0.6) is 0 Å². The van der Waals surface area contributed by atoms with Crippen molar-refractivity contribution in [3.8, 4) is 0 Å². The van der Waals surface area contributed by atoms with E-state index in [0.29, 0.717) is 19.4 Å². The molecular formula is C8H16N2O2. The van der Waals surface area contributed by atoms with Crippen LogP contribution in [0.25, 0.3) is 0 Å². The Hall–Kier alpha value is -1.06. The summed E-state index contributed by atoms with van der Waals surface area (Å²) in [5, 5.41) is 5.13. The van der Waals surface area contributed by atoms with Crippen molar-refractivity contribution in [3.05, 3.63) is 0 Å². The molecule has 0 spiro atoms.